The fourth-order valence-electron chi connectivity index (χ4n) is 3.69. The first-order chi connectivity index (χ1) is 12.7. The van der Waals surface area contributed by atoms with Gasteiger partial charge in [0, 0.05) is 23.3 Å². The monoisotopic (exact) mass is 344 g/mol. The van der Waals surface area contributed by atoms with Gasteiger partial charge in [0.05, 0.1) is 0 Å². The van der Waals surface area contributed by atoms with Crippen LogP contribution in [0.5, 0.6) is 0 Å². The Hall–Kier alpha value is -2.81. The van der Waals surface area contributed by atoms with Crippen LogP contribution < -0.4 is 5.32 Å². The van der Waals surface area contributed by atoms with Crippen LogP contribution in [0.4, 0.5) is 0 Å². The quantitative estimate of drug-likeness (QED) is 0.620. The Morgan fingerprint density at radius 2 is 1.77 bits per heavy atom. The first kappa shape index (κ1) is 16.6. The summed E-state index contributed by atoms with van der Waals surface area (Å²) in [4.78, 5) is 15.5. The van der Waals surface area contributed by atoms with Gasteiger partial charge in [-0.05, 0) is 66.1 Å². The second kappa shape index (κ2) is 7.20. The summed E-state index contributed by atoms with van der Waals surface area (Å²) in [5, 5.41) is 4.35. The molecular formula is C23H24N2O. The highest BCUT2D eigenvalue weighted by Crippen LogP contribution is 2.25. The number of aromatic nitrogens is 1. The van der Waals surface area contributed by atoms with Gasteiger partial charge in [-0.1, -0.05) is 43.2 Å². The van der Waals surface area contributed by atoms with Crippen LogP contribution >= 0.6 is 0 Å². The fourth-order valence-corrected chi connectivity index (χ4v) is 3.69. The fraction of sp³-hybridized carbons (Fsp3) is 0.261. The molecule has 1 fully saturated rings. The van der Waals surface area contributed by atoms with Crippen molar-refractivity contribution < 1.29 is 4.79 Å². The van der Waals surface area contributed by atoms with E-state index >= 15 is 0 Å². The number of aromatic amines is 1. The van der Waals surface area contributed by atoms with E-state index in [0.717, 1.165) is 29.5 Å². The molecule has 3 nitrogen and oxygen atoms in total. The number of hydrogen-bond acceptors (Lipinski definition) is 1. The number of benzene rings is 2. The maximum Gasteiger partial charge on any atom is 0.247 e. The number of fused-ring (bicyclic) bond motifs is 1. The van der Waals surface area contributed by atoms with E-state index in [1.165, 1.54) is 29.4 Å². The van der Waals surface area contributed by atoms with E-state index in [9.17, 15) is 4.79 Å². The Bertz CT molecular complexity index is 944. The van der Waals surface area contributed by atoms with Crippen molar-refractivity contribution in [3.63, 3.8) is 0 Å². The molecule has 2 aromatic carbocycles. The first-order valence-electron chi connectivity index (χ1n) is 9.36. The third kappa shape index (κ3) is 3.57. The van der Waals surface area contributed by atoms with E-state index in [-0.39, 0.29) is 5.91 Å². The molecule has 1 aromatic heterocycles. The second-order valence-corrected chi connectivity index (χ2v) is 7.18. The van der Waals surface area contributed by atoms with E-state index in [2.05, 4.69) is 58.8 Å². The SMILES string of the molecule is CC(=Cc1ccc(-c2ccc3[nH]ccc3c2)cc1)C(=O)NC1CCCC1. The third-order valence-corrected chi connectivity index (χ3v) is 5.23. The summed E-state index contributed by atoms with van der Waals surface area (Å²) in [6, 6.07) is 17.2. The molecule has 3 aromatic rings. The summed E-state index contributed by atoms with van der Waals surface area (Å²) in [5.41, 5.74) is 5.34. The number of carbonyl (C=O) groups is 1. The standard InChI is InChI=1S/C23H24N2O/c1-16(23(26)25-21-4-2-3-5-21)14-17-6-8-18(9-7-17)19-10-11-22-20(15-19)12-13-24-22/h6-15,21,24H,2-5H2,1H3,(H,25,26). The molecule has 0 radical (unpaired) electrons. The number of H-pyrrole nitrogens is 1. The van der Waals surface area contributed by atoms with Gasteiger partial charge >= 0.3 is 0 Å². The predicted molar refractivity (Wildman–Crippen MR) is 108 cm³/mol. The Morgan fingerprint density at radius 3 is 2.54 bits per heavy atom. The van der Waals surface area contributed by atoms with Gasteiger partial charge in [0.15, 0.2) is 0 Å². The van der Waals surface area contributed by atoms with Gasteiger partial charge in [-0.3, -0.25) is 4.79 Å². The Morgan fingerprint density at radius 1 is 1.04 bits per heavy atom. The van der Waals surface area contributed by atoms with Crippen molar-refractivity contribution in [3.8, 4) is 11.1 Å². The van der Waals surface area contributed by atoms with Crippen molar-refractivity contribution in [2.45, 2.75) is 38.6 Å². The van der Waals surface area contributed by atoms with Crippen LogP contribution in [0.25, 0.3) is 28.1 Å². The molecule has 0 aliphatic heterocycles. The largest absolute Gasteiger partial charge is 0.361 e. The molecule has 4 rings (SSSR count). The smallest absolute Gasteiger partial charge is 0.247 e. The average molecular weight is 344 g/mol. The van der Waals surface area contributed by atoms with Gasteiger partial charge < -0.3 is 10.3 Å². The third-order valence-electron chi connectivity index (χ3n) is 5.23. The van der Waals surface area contributed by atoms with E-state index in [1.54, 1.807) is 0 Å². The Labute approximate surface area is 154 Å². The molecule has 2 N–H and O–H groups in total. The average Bonchev–Trinajstić information content (AvgIpc) is 3.33. The number of hydrogen-bond donors (Lipinski definition) is 2. The molecule has 132 valence electrons. The maximum absolute atomic E-state index is 12.3. The Balaban J connectivity index is 1.48. The second-order valence-electron chi connectivity index (χ2n) is 7.18. The molecule has 0 bridgehead atoms. The van der Waals surface area contributed by atoms with E-state index in [0.29, 0.717) is 6.04 Å². The molecular weight excluding hydrogens is 320 g/mol. The summed E-state index contributed by atoms with van der Waals surface area (Å²) < 4.78 is 0. The summed E-state index contributed by atoms with van der Waals surface area (Å²) in [5.74, 6) is 0.0545. The molecule has 1 saturated carbocycles. The highest BCUT2D eigenvalue weighted by Gasteiger charge is 2.17. The molecule has 0 saturated heterocycles. The topological polar surface area (TPSA) is 44.9 Å². The van der Waals surface area contributed by atoms with Crippen molar-refractivity contribution in [2.24, 2.45) is 0 Å². The van der Waals surface area contributed by atoms with Crippen LogP contribution in [0.1, 0.15) is 38.2 Å². The van der Waals surface area contributed by atoms with Gasteiger partial charge in [-0.15, -0.1) is 0 Å². The molecule has 1 aliphatic rings. The molecule has 26 heavy (non-hydrogen) atoms. The number of nitrogens with one attached hydrogen (secondary N) is 2. The molecule has 0 atom stereocenters. The molecule has 0 spiro atoms. The van der Waals surface area contributed by atoms with Gasteiger partial charge in [0.1, 0.15) is 0 Å². The summed E-state index contributed by atoms with van der Waals surface area (Å²) in [6.07, 6.45) is 8.59. The van der Waals surface area contributed by atoms with Crippen molar-refractivity contribution in [1.29, 1.82) is 0 Å². The van der Waals surface area contributed by atoms with Gasteiger partial charge in [0.25, 0.3) is 0 Å². The number of rotatable bonds is 4. The lowest BCUT2D eigenvalue weighted by Gasteiger charge is -2.12. The van der Waals surface area contributed by atoms with Crippen molar-refractivity contribution >= 4 is 22.9 Å². The van der Waals surface area contributed by atoms with Crippen molar-refractivity contribution in [3.05, 3.63) is 65.9 Å². The lowest BCUT2D eigenvalue weighted by Crippen LogP contribution is -2.33. The van der Waals surface area contributed by atoms with Crippen LogP contribution in [0.15, 0.2) is 60.3 Å². The van der Waals surface area contributed by atoms with Crippen molar-refractivity contribution in [2.75, 3.05) is 0 Å². The van der Waals surface area contributed by atoms with E-state index < -0.39 is 0 Å². The van der Waals surface area contributed by atoms with Crippen LogP contribution in [-0.4, -0.2) is 16.9 Å². The normalized spacial score (nSPS) is 15.5. The summed E-state index contributed by atoms with van der Waals surface area (Å²) in [7, 11) is 0. The highest BCUT2D eigenvalue weighted by atomic mass is 16.1. The lowest BCUT2D eigenvalue weighted by atomic mass is 10.0. The van der Waals surface area contributed by atoms with E-state index in [4.69, 9.17) is 0 Å². The minimum absolute atomic E-state index is 0.0545. The molecule has 1 amide bonds. The van der Waals surface area contributed by atoms with Crippen LogP contribution in [0, 0.1) is 0 Å². The zero-order chi connectivity index (χ0) is 17.9. The molecule has 0 unspecified atom stereocenters. The molecule has 1 heterocycles. The molecule has 1 aliphatic carbocycles. The van der Waals surface area contributed by atoms with Crippen molar-refractivity contribution in [1.82, 2.24) is 10.3 Å². The van der Waals surface area contributed by atoms with Crippen LogP contribution in [0.2, 0.25) is 0 Å². The summed E-state index contributed by atoms with van der Waals surface area (Å²) >= 11 is 0. The van der Waals surface area contributed by atoms with Gasteiger partial charge in [-0.2, -0.15) is 0 Å². The van der Waals surface area contributed by atoms with Crippen LogP contribution in [0.3, 0.4) is 0 Å². The zero-order valence-corrected chi connectivity index (χ0v) is 15.1. The molecule has 3 heteroatoms. The number of carbonyl (C=O) groups excluding carboxylic acids is 1. The minimum atomic E-state index is 0.0545. The van der Waals surface area contributed by atoms with Crippen LogP contribution in [-0.2, 0) is 4.79 Å². The lowest BCUT2D eigenvalue weighted by molar-refractivity contribution is -0.118. The first-order valence-corrected chi connectivity index (χ1v) is 9.36. The number of amides is 1. The van der Waals surface area contributed by atoms with Gasteiger partial charge in [-0.25, -0.2) is 0 Å². The maximum atomic E-state index is 12.3. The zero-order valence-electron chi connectivity index (χ0n) is 15.1. The minimum Gasteiger partial charge on any atom is -0.361 e. The Kier molecular flexibility index (Phi) is 4.61. The van der Waals surface area contributed by atoms with Gasteiger partial charge in [0.2, 0.25) is 5.91 Å². The summed E-state index contributed by atoms with van der Waals surface area (Å²) in [6.45, 7) is 1.89. The predicted octanol–water partition coefficient (Wildman–Crippen LogP) is 5.30. The highest BCUT2D eigenvalue weighted by molar-refractivity contribution is 5.97. The van der Waals surface area contributed by atoms with E-state index in [1.807, 2.05) is 19.2 Å².